The maximum absolute atomic E-state index is 9.86. The van der Waals surface area contributed by atoms with Crippen LogP contribution in [0.15, 0.2) is 30.5 Å². The molecule has 124 valence electrons. The normalized spacial score (nSPS) is 21.0. The van der Waals surface area contributed by atoms with Crippen molar-refractivity contribution in [3.63, 3.8) is 0 Å². The first-order valence-electron chi connectivity index (χ1n) is 8.20. The number of nitrogens with two attached hydrogens (primary N) is 1. The molecule has 24 heavy (non-hydrogen) atoms. The summed E-state index contributed by atoms with van der Waals surface area (Å²) in [7, 11) is 0. The van der Waals surface area contributed by atoms with Gasteiger partial charge in [0.2, 0.25) is 5.95 Å². The van der Waals surface area contributed by atoms with Crippen molar-refractivity contribution < 1.29 is 5.11 Å². The minimum atomic E-state index is -0.242. The monoisotopic (exact) mass is 324 g/mol. The molecule has 0 amide bonds. The second-order valence-electron chi connectivity index (χ2n) is 6.29. The van der Waals surface area contributed by atoms with Crippen LogP contribution in [0, 0.1) is 0 Å². The Morgan fingerprint density at radius 2 is 2.12 bits per heavy atom. The van der Waals surface area contributed by atoms with Gasteiger partial charge in [-0.25, -0.2) is 4.98 Å². The van der Waals surface area contributed by atoms with Crippen LogP contribution in [-0.2, 0) is 0 Å². The van der Waals surface area contributed by atoms with Gasteiger partial charge in [-0.3, -0.25) is 5.10 Å². The number of anilines is 2. The fraction of sp³-hybridized carbons (Fsp3) is 0.353. The summed E-state index contributed by atoms with van der Waals surface area (Å²) < 4.78 is 0. The largest absolute Gasteiger partial charge is 0.393 e. The van der Waals surface area contributed by atoms with E-state index in [9.17, 15) is 5.11 Å². The van der Waals surface area contributed by atoms with E-state index in [4.69, 9.17) is 5.73 Å². The van der Waals surface area contributed by atoms with Gasteiger partial charge in [0, 0.05) is 23.2 Å². The van der Waals surface area contributed by atoms with E-state index in [1.54, 1.807) is 6.20 Å². The Balaban J connectivity index is 1.70. The Morgan fingerprint density at radius 3 is 2.92 bits per heavy atom. The average Bonchev–Trinajstić information content (AvgIpc) is 3.08. The molecule has 2 heterocycles. The number of aliphatic hydroxyl groups is 1. The number of aliphatic hydroxyl groups excluding tert-OH is 1. The molecule has 1 saturated carbocycles. The Morgan fingerprint density at radius 1 is 1.21 bits per heavy atom. The summed E-state index contributed by atoms with van der Waals surface area (Å²) in [4.78, 5) is 8.72. The quantitative estimate of drug-likeness (QED) is 0.588. The van der Waals surface area contributed by atoms with E-state index < -0.39 is 0 Å². The minimum absolute atomic E-state index is 0.207. The van der Waals surface area contributed by atoms with Crippen LogP contribution in [0.5, 0.6) is 0 Å². The van der Waals surface area contributed by atoms with E-state index in [1.807, 2.05) is 24.3 Å². The van der Waals surface area contributed by atoms with Gasteiger partial charge in [0.05, 0.1) is 17.3 Å². The zero-order chi connectivity index (χ0) is 16.5. The summed E-state index contributed by atoms with van der Waals surface area (Å²) in [6, 6.07) is 8.09. The van der Waals surface area contributed by atoms with E-state index in [2.05, 4.69) is 25.5 Å². The molecule has 0 saturated heterocycles. The van der Waals surface area contributed by atoms with Gasteiger partial charge in [-0.15, -0.1) is 0 Å². The first-order chi connectivity index (χ1) is 11.7. The third-order valence-corrected chi connectivity index (χ3v) is 4.51. The molecule has 0 unspecified atom stereocenters. The lowest BCUT2D eigenvalue weighted by molar-refractivity contribution is 0.124. The second kappa shape index (κ2) is 6.09. The topological polar surface area (TPSA) is 113 Å². The molecule has 1 fully saturated rings. The van der Waals surface area contributed by atoms with Crippen molar-refractivity contribution in [1.29, 1.82) is 0 Å². The van der Waals surface area contributed by atoms with Crippen LogP contribution in [0.25, 0.3) is 22.2 Å². The number of H-pyrrole nitrogens is 1. The van der Waals surface area contributed by atoms with Crippen molar-refractivity contribution in [1.82, 2.24) is 20.2 Å². The second-order valence-corrected chi connectivity index (χ2v) is 6.29. The number of aromatic amines is 1. The van der Waals surface area contributed by atoms with Gasteiger partial charge in [-0.2, -0.15) is 10.1 Å². The molecule has 7 heteroatoms. The van der Waals surface area contributed by atoms with E-state index in [-0.39, 0.29) is 18.1 Å². The smallest absolute Gasteiger partial charge is 0.222 e. The van der Waals surface area contributed by atoms with Crippen molar-refractivity contribution in [2.75, 3.05) is 11.1 Å². The number of hydrogen-bond donors (Lipinski definition) is 4. The third-order valence-electron chi connectivity index (χ3n) is 4.51. The molecular formula is C17H20N6O. The highest BCUT2D eigenvalue weighted by atomic mass is 16.3. The summed E-state index contributed by atoms with van der Waals surface area (Å²) in [5, 5.41) is 21.2. The van der Waals surface area contributed by atoms with Crippen molar-refractivity contribution in [2.45, 2.75) is 37.8 Å². The molecule has 0 aliphatic heterocycles. The summed E-state index contributed by atoms with van der Waals surface area (Å²) in [5.41, 5.74) is 8.61. The number of nitrogens with zero attached hydrogens (tertiary/aromatic N) is 3. The van der Waals surface area contributed by atoms with Gasteiger partial charge < -0.3 is 16.2 Å². The predicted octanol–water partition coefficient (Wildman–Crippen LogP) is 2.32. The lowest BCUT2D eigenvalue weighted by Gasteiger charge is -2.27. The number of benzene rings is 1. The highest BCUT2D eigenvalue weighted by Crippen LogP contribution is 2.29. The first kappa shape index (κ1) is 14.9. The lowest BCUT2D eigenvalue weighted by Crippen LogP contribution is -2.30. The van der Waals surface area contributed by atoms with Gasteiger partial charge >= 0.3 is 0 Å². The number of fused-ring (bicyclic) bond motifs is 1. The fourth-order valence-corrected chi connectivity index (χ4v) is 3.33. The Labute approximate surface area is 139 Å². The molecule has 1 aliphatic rings. The number of rotatable bonds is 3. The van der Waals surface area contributed by atoms with Gasteiger partial charge in [-0.05, 0) is 43.9 Å². The predicted molar refractivity (Wildman–Crippen MR) is 93.4 cm³/mol. The molecule has 1 aromatic carbocycles. The number of nitrogen functional groups attached to an aromatic ring is 1. The van der Waals surface area contributed by atoms with E-state index >= 15 is 0 Å². The third kappa shape index (κ3) is 2.90. The van der Waals surface area contributed by atoms with Gasteiger partial charge in [-0.1, -0.05) is 6.07 Å². The first-order valence-corrected chi connectivity index (χ1v) is 8.20. The van der Waals surface area contributed by atoms with Crippen molar-refractivity contribution >= 4 is 22.7 Å². The van der Waals surface area contributed by atoms with Crippen LogP contribution in [0.2, 0.25) is 0 Å². The fourth-order valence-electron chi connectivity index (χ4n) is 3.33. The van der Waals surface area contributed by atoms with Crippen LogP contribution in [-0.4, -0.2) is 37.4 Å². The van der Waals surface area contributed by atoms with Crippen LogP contribution in [0.1, 0.15) is 25.7 Å². The summed E-state index contributed by atoms with van der Waals surface area (Å²) in [6.07, 6.45) is 5.12. The molecule has 2 aromatic heterocycles. The molecule has 0 radical (unpaired) electrons. The maximum atomic E-state index is 9.86. The molecule has 0 bridgehead atoms. The van der Waals surface area contributed by atoms with Gasteiger partial charge in [0.1, 0.15) is 5.82 Å². The van der Waals surface area contributed by atoms with Crippen LogP contribution < -0.4 is 11.1 Å². The molecule has 2 atom stereocenters. The summed E-state index contributed by atoms with van der Waals surface area (Å²) in [6.45, 7) is 0. The number of hydrogen-bond acceptors (Lipinski definition) is 6. The zero-order valence-electron chi connectivity index (χ0n) is 13.2. The molecule has 7 nitrogen and oxygen atoms in total. The van der Waals surface area contributed by atoms with Crippen molar-refractivity contribution in [2.24, 2.45) is 0 Å². The Kier molecular flexibility index (Phi) is 3.78. The van der Waals surface area contributed by atoms with Gasteiger partial charge in [0.15, 0.2) is 0 Å². The summed E-state index contributed by atoms with van der Waals surface area (Å²) in [5.74, 6) is 0.968. The highest BCUT2D eigenvalue weighted by Gasteiger charge is 2.21. The SMILES string of the molecule is Nc1nc(N[C@H]2CCC[C@@H](O)C2)c2ccc(-c3ccn[nH]3)cc2n1. The number of nitrogens with one attached hydrogen (secondary N) is 2. The maximum Gasteiger partial charge on any atom is 0.222 e. The van der Waals surface area contributed by atoms with Crippen LogP contribution in [0.3, 0.4) is 0 Å². The minimum Gasteiger partial charge on any atom is -0.393 e. The Bertz CT molecular complexity index is 848. The molecular weight excluding hydrogens is 304 g/mol. The average molecular weight is 324 g/mol. The number of aromatic nitrogens is 4. The summed E-state index contributed by atoms with van der Waals surface area (Å²) >= 11 is 0. The zero-order valence-corrected chi connectivity index (χ0v) is 13.2. The standard InChI is InChI=1S/C17H20N6O/c18-17-21-15-8-10(14-6-7-19-23-14)4-5-13(15)16(22-17)20-11-2-1-3-12(24)9-11/h4-8,11-12,24H,1-3,9H2,(H,19,23)(H3,18,20,21,22)/t11-,12+/m0/s1. The molecule has 3 aromatic rings. The van der Waals surface area contributed by atoms with E-state index in [0.29, 0.717) is 0 Å². The highest BCUT2D eigenvalue weighted by molar-refractivity contribution is 5.92. The van der Waals surface area contributed by atoms with Gasteiger partial charge in [0.25, 0.3) is 0 Å². The lowest BCUT2D eigenvalue weighted by atomic mass is 9.93. The molecule has 4 rings (SSSR count). The van der Waals surface area contributed by atoms with Crippen LogP contribution >= 0.6 is 0 Å². The molecule has 1 aliphatic carbocycles. The van der Waals surface area contributed by atoms with Crippen LogP contribution in [0.4, 0.5) is 11.8 Å². The van der Waals surface area contributed by atoms with E-state index in [1.165, 1.54) is 0 Å². The molecule has 0 spiro atoms. The van der Waals surface area contributed by atoms with Crippen molar-refractivity contribution in [3.05, 3.63) is 30.5 Å². The Hall–Kier alpha value is -2.67. The van der Waals surface area contributed by atoms with Crippen molar-refractivity contribution in [3.8, 4) is 11.3 Å². The molecule has 5 N–H and O–H groups in total. The van der Waals surface area contributed by atoms with E-state index in [0.717, 1.165) is 53.7 Å².